The van der Waals surface area contributed by atoms with Crippen LogP contribution >= 0.6 is 0 Å². The van der Waals surface area contributed by atoms with Gasteiger partial charge >= 0.3 is 0 Å². The number of ether oxygens (including phenoxy) is 18. The van der Waals surface area contributed by atoms with E-state index in [9.17, 15) is 0 Å². The summed E-state index contributed by atoms with van der Waals surface area (Å²) in [6.45, 7) is 10.7. The third-order valence-electron chi connectivity index (χ3n) is 18.5. The molecule has 0 aromatic heterocycles. The van der Waals surface area contributed by atoms with Gasteiger partial charge in [0.2, 0.25) is 0 Å². The Labute approximate surface area is 599 Å². The third-order valence-corrected chi connectivity index (χ3v) is 18.5. The molecule has 0 radical (unpaired) electrons. The van der Waals surface area contributed by atoms with Gasteiger partial charge in [-0.05, 0) is 89.0 Å². The van der Waals surface area contributed by atoms with Gasteiger partial charge in [-0.15, -0.1) is 0 Å². The summed E-state index contributed by atoms with van der Waals surface area (Å²) >= 11 is 0. The van der Waals surface area contributed by atoms with E-state index in [4.69, 9.17) is 85.3 Å². The smallest absolute Gasteiger partial charge is 0.126 e. The van der Waals surface area contributed by atoms with Gasteiger partial charge in [0, 0.05) is 51.4 Å². The van der Waals surface area contributed by atoms with Gasteiger partial charge < -0.3 is 85.3 Å². The first kappa shape index (κ1) is 72.1. The molecule has 2 aliphatic carbocycles. The molecule has 8 aromatic carbocycles. The van der Waals surface area contributed by atoms with Gasteiger partial charge in [0.1, 0.15) is 98.9 Å². The number of hydrogen-bond donors (Lipinski definition) is 0. The van der Waals surface area contributed by atoms with E-state index in [0.29, 0.717) is 210 Å². The fraction of sp³-hybridized carbons (Fsp3) is 0.429. The zero-order valence-electron chi connectivity index (χ0n) is 58.7. The minimum Gasteiger partial charge on any atom is -0.491 e. The Morgan fingerprint density at radius 1 is 0.118 bits per heavy atom. The second kappa shape index (κ2) is 38.9. The predicted molar refractivity (Wildman–Crippen MR) is 386 cm³/mol. The van der Waals surface area contributed by atoms with Crippen LogP contribution in [0.2, 0.25) is 0 Å². The molecule has 0 spiro atoms. The molecule has 8 aromatic rings. The minimum atomic E-state index is 0.282. The molecule has 18 nitrogen and oxygen atoms in total. The monoisotopic (exact) mass is 1390 g/mol. The van der Waals surface area contributed by atoms with Crippen LogP contribution < -0.4 is 37.9 Å². The highest BCUT2D eigenvalue weighted by molar-refractivity contribution is 5.59. The summed E-state index contributed by atoms with van der Waals surface area (Å²) in [4.78, 5) is 0. The van der Waals surface area contributed by atoms with E-state index in [1.165, 1.54) is 0 Å². The molecule has 13 rings (SSSR count). The molecule has 3 heterocycles. The van der Waals surface area contributed by atoms with E-state index in [-0.39, 0.29) is 26.4 Å². The molecule has 0 fully saturated rings. The summed E-state index contributed by atoms with van der Waals surface area (Å²) in [5, 5.41) is 0. The van der Waals surface area contributed by atoms with Gasteiger partial charge in [0.05, 0.1) is 132 Å². The largest absolute Gasteiger partial charge is 0.491 e. The van der Waals surface area contributed by atoms with E-state index < -0.39 is 0 Å². The van der Waals surface area contributed by atoms with Crippen LogP contribution in [0.25, 0.3) is 0 Å². The fourth-order valence-electron chi connectivity index (χ4n) is 13.8. The highest BCUT2D eigenvalue weighted by atomic mass is 16.6. The Kier molecular flexibility index (Phi) is 27.5. The van der Waals surface area contributed by atoms with Gasteiger partial charge in [-0.1, -0.05) is 146 Å². The van der Waals surface area contributed by atoms with Crippen molar-refractivity contribution in [3.8, 4) is 46.0 Å². The van der Waals surface area contributed by atoms with Gasteiger partial charge in [0.15, 0.2) is 0 Å². The van der Waals surface area contributed by atoms with Crippen molar-refractivity contribution >= 4 is 0 Å². The molecule has 0 unspecified atom stereocenters. The summed E-state index contributed by atoms with van der Waals surface area (Å²) in [7, 11) is 0. The summed E-state index contributed by atoms with van der Waals surface area (Å²) in [6, 6.07) is 51.4. The van der Waals surface area contributed by atoms with Crippen molar-refractivity contribution in [2.45, 2.75) is 51.4 Å². The van der Waals surface area contributed by atoms with Crippen molar-refractivity contribution in [2.24, 2.45) is 0 Å². The molecule has 102 heavy (non-hydrogen) atoms. The van der Waals surface area contributed by atoms with Crippen molar-refractivity contribution in [3.63, 3.8) is 0 Å². The third kappa shape index (κ3) is 20.1. The van der Waals surface area contributed by atoms with Crippen LogP contribution in [0.4, 0.5) is 0 Å². The second-order valence-corrected chi connectivity index (χ2v) is 25.6. The minimum absolute atomic E-state index is 0.282. The zero-order chi connectivity index (χ0) is 69.0. The summed E-state index contributed by atoms with van der Waals surface area (Å²) in [5.74, 6) is 6.39. The van der Waals surface area contributed by atoms with Crippen molar-refractivity contribution in [3.05, 3.63) is 235 Å². The zero-order valence-corrected chi connectivity index (χ0v) is 58.7. The molecule has 0 saturated carbocycles. The lowest BCUT2D eigenvalue weighted by molar-refractivity contribution is -0.00701. The van der Waals surface area contributed by atoms with Crippen LogP contribution in [0.5, 0.6) is 46.0 Å². The van der Waals surface area contributed by atoms with Gasteiger partial charge in [-0.25, -0.2) is 0 Å². The topological polar surface area (TPSA) is 166 Å². The Morgan fingerprint density at radius 2 is 0.206 bits per heavy atom. The van der Waals surface area contributed by atoms with Crippen LogP contribution in [0, 0.1) is 0 Å². The fourth-order valence-corrected chi connectivity index (χ4v) is 13.8. The molecule has 540 valence electrons. The van der Waals surface area contributed by atoms with E-state index >= 15 is 0 Å². The summed E-state index contributed by atoms with van der Waals surface area (Å²) < 4.78 is 116. The van der Waals surface area contributed by atoms with E-state index in [1.807, 2.05) is 0 Å². The maximum Gasteiger partial charge on any atom is 0.126 e. The number of hydrogen-bond acceptors (Lipinski definition) is 18. The molecule has 18 heteroatoms. The second-order valence-electron chi connectivity index (χ2n) is 25.6. The molecule has 0 amide bonds. The van der Waals surface area contributed by atoms with Crippen LogP contribution in [-0.4, -0.2) is 185 Å². The number of benzene rings is 8. The molecular formula is C84H96O18. The first-order valence-electron chi connectivity index (χ1n) is 36.3. The summed E-state index contributed by atoms with van der Waals surface area (Å²) in [5.41, 5.74) is 16.2. The van der Waals surface area contributed by atoms with Crippen LogP contribution in [0.15, 0.2) is 146 Å². The average molecular weight is 1390 g/mol. The summed E-state index contributed by atoms with van der Waals surface area (Å²) in [6.07, 6.45) is 4.20. The number of para-hydroxylation sites is 8. The van der Waals surface area contributed by atoms with Crippen LogP contribution in [0.1, 0.15) is 89.0 Å². The van der Waals surface area contributed by atoms with Crippen molar-refractivity contribution in [1.29, 1.82) is 0 Å². The first-order chi connectivity index (χ1) is 50.7. The van der Waals surface area contributed by atoms with Crippen molar-refractivity contribution in [2.75, 3.05) is 185 Å². The number of rotatable bonds is 0. The molecule has 0 atom stereocenters. The lowest BCUT2D eigenvalue weighted by Gasteiger charge is -2.23. The van der Waals surface area contributed by atoms with E-state index in [1.54, 1.807) is 0 Å². The van der Waals surface area contributed by atoms with E-state index in [0.717, 1.165) is 135 Å². The van der Waals surface area contributed by atoms with Crippen molar-refractivity contribution < 1.29 is 85.3 Å². The first-order valence-corrected chi connectivity index (χ1v) is 36.3. The highest BCUT2D eigenvalue weighted by Crippen LogP contribution is 2.42. The standard InChI is InChI=1S/C84H96O18/c1-9-61-53-62-10-2-14-66-56-70-18-6-22-74-59-73-21-5-17-69(55-65(13-1)77(61)95-45-37-89-33-29-85-25-26-86-30-34-90-38-46-96-78(62)66)81(73)99-49-41-93-42-50-101-83-71-19-7-23-75(83)60-76-24-8-20-72(84(76)102-52-44-94-43-51-100-82(70)74)58-68-16-4-12-64-54-63-11-3-15-67(57-71)79(63)97-47-39-91-35-31-87-27-28-88-32-36-92-40-48-98-80(64)68/h1-24H,25-60H2. The van der Waals surface area contributed by atoms with Gasteiger partial charge in [0.25, 0.3) is 0 Å². The molecule has 3 aliphatic heterocycles. The molecule has 5 aliphatic rings. The molecule has 0 N–H and O–H groups in total. The normalized spacial score (nSPS) is 18.2. The van der Waals surface area contributed by atoms with Crippen LogP contribution in [0.3, 0.4) is 0 Å². The van der Waals surface area contributed by atoms with Gasteiger partial charge in [-0.2, -0.15) is 0 Å². The average Bonchev–Trinajstić information content (AvgIpc) is 0.795. The Hall–Kier alpha value is -8.24. The Morgan fingerprint density at radius 3 is 0.304 bits per heavy atom. The quantitative estimate of drug-likeness (QED) is 0.141. The van der Waals surface area contributed by atoms with Crippen molar-refractivity contribution in [1.82, 2.24) is 0 Å². The lowest BCUT2D eigenvalue weighted by atomic mass is 9.91. The van der Waals surface area contributed by atoms with Gasteiger partial charge in [-0.3, -0.25) is 0 Å². The molecule has 0 saturated heterocycles. The SMILES string of the molecule is c1cc2c3c(c1)Cc1cccc4c1OCCOCCOc1c5cccc1Cc1cccc(c1OCCOCCOc1c(cccc1C4)Cc1cccc(c1OCCOCCOCCOCCOCCO3)C2)Cc1cccc2c1OCCOCCOCCOCCOCCOc1c(cccc1C5)C2. The lowest BCUT2D eigenvalue weighted by Crippen LogP contribution is -2.16. The highest BCUT2D eigenvalue weighted by Gasteiger charge is 2.26. The maximum atomic E-state index is 7.05. The maximum absolute atomic E-state index is 7.05. The van der Waals surface area contributed by atoms with E-state index in [2.05, 4.69) is 146 Å². The Bertz CT molecular complexity index is 3450. The van der Waals surface area contributed by atoms with Crippen LogP contribution in [-0.2, 0) is 98.7 Å². The molecule has 24 bridgehead atoms. The predicted octanol–water partition coefficient (Wildman–Crippen LogP) is 12.0. The Balaban J connectivity index is 0.844. The molecular weight excluding hydrogens is 1300 g/mol.